The fourth-order valence-electron chi connectivity index (χ4n) is 3.32. The maximum Gasteiger partial charge on any atom is 0.0835 e. The molecule has 3 atom stereocenters. The van der Waals surface area contributed by atoms with Crippen LogP contribution in [0.4, 0.5) is 0 Å². The van der Waals surface area contributed by atoms with Crippen LogP contribution in [0.1, 0.15) is 33.6 Å². The molecule has 2 nitrogen and oxygen atoms in total. The van der Waals surface area contributed by atoms with Gasteiger partial charge in [0.1, 0.15) is 0 Å². The van der Waals surface area contributed by atoms with Crippen LogP contribution in [0.2, 0.25) is 0 Å². The lowest BCUT2D eigenvalue weighted by Gasteiger charge is -2.39. The first-order chi connectivity index (χ1) is 6.66. The molecular weight excluding hydrogens is 174 g/mol. The molecular formula is C12H23NO. The highest BCUT2D eigenvalue weighted by Gasteiger charge is 2.48. The molecule has 3 unspecified atom stereocenters. The van der Waals surface area contributed by atoms with Crippen molar-refractivity contribution in [2.45, 2.75) is 39.2 Å². The van der Waals surface area contributed by atoms with E-state index in [2.05, 4.69) is 26.1 Å². The molecule has 0 radical (unpaired) electrons. The van der Waals surface area contributed by atoms with Gasteiger partial charge in [0.2, 0.25) is 0 Å². The monoisotopic (exact) mass is 197 g/mol. The summed E-state index contributed by atoms with van der Waals surface area (Å²) in [5.41, 5.74) is 0.174. The maximum absolute atomic E-state index is 6.06. The van der Waals surface area contributed by atoms with Gasteiger partial charge in [-0.15, -0.1) is 0 Å². The van der Waals surface area contributed by atoms with Crippen LogP contribution < -0.4 is 5.32 Å². The Morgan fingerprint density at radius 3 is 2.71 bits per heavy atom. The van der Waals surface area contributed by atoms with Crippen LogP contribution in [0.3, 0.4) is 0 Å². The van der Waals surface area contributed by atoms with Crippen LogP contribution in [0.5, 0.6) is 0 Å². The summed E-state index contributed by atoms with van der Waals surface area (Å²) in [6, 6.07) is 0. The number of nitrogens with one attached hydrogen (secondary N) is 1. The molecule has 1 saturated carbocycles. The second kappa shape index (κ2) is 3.82. The van der Waals surface area contributed by atoms with Crippen molar-refractivity contribution < 1.29 is 4.74 Å². The van der Waals surface area contributed by atoms with Gasteiger partial charge in [0, 0.05) is 13.1 Å². The lowest BCUT2D eigenvalue weighted by molar-refractivity contribution is -0.0934. The van der Waals surface area contributed by atoms with Crippen molar-refractivity contribution in [3.63, 3.8) is 0 Å². The van der Waals surface area contributed by atoms with Crippen molar-refractivity contribution in [3.8, 4) is 0 Å². The average molecular weight is 197 g/mol. The largest absolute Gasteiger partial charge is 0.372 e. The zero-order chi connectivity index (χ0) is 10.2. The molecule has 2 fully saturated rings. The van der Waals surface area contributed by atoms with Crippen molar-refractivity contribution in [3.05, 3.63) is 0 Å². The van der Waals surface area contributed by atoms with Crippen LogP contribution in [0.15, 0.2) is 0 Å². The molecule has 0 aromatic heterocycles. The fraction of sp³-hybridized carbons (Fsp3) is 1.00. The molecule has 1 heterocycles. The zero-order valence-electron chi connectivity index (χ0n) is 9.68. The summed E-state index contributed by atoms with van der Waals surface area (Å²) in [4.78, 5) is 0. The molecule has 2 rings (SSSR count). The molecule has 0 aromatic carbocycles. The van der Waals surface area contributed by atoms with Gasteiger partial charge in [-0.1, -0.05) is 20.8 Å². The molecule has 2 heteroatoms. The number of hydrogen-bond donors (Lipinski definition) is 1. The first kappa shape index (κ1) is 10.4. The maximum atomic E-state index is 6.06. The van der Waals surface area contributed by atoms with Gasteiger partial charge in [0.05, 0.1) is 12.2 Å². The first-order valence-corrected chi connectivity index (χ1v) is 6.00. The summed E-state index contributed by atoms with van der Waals surface area (Å²) in [6.45, 7) is 10.1. The predicted molar refractivity (Wildman–Crippen MR) is 58.3 cm³/mol. The quantitative estimate of drug-likeness (QED) is 0.694. The van der Waals surface area contributed by atoms with E-state index in [0.717, 1.165) is 37.5 Å². The Kier molecular flexibility index (Phi) is 2.85. The average Bonchev–Trinajstić information content (AvgIpc) is 2.46. The van der Waals surface area contributed by atoms with E-state index in [1.807, 2.05) is 0 Å². The van der Waals surface area contributed by atoms with E-state index in [1.165, 1.54) is 12.8 Å². The van der Waals surface area contributed by atoms with Gasteiger partial charge in [-0.3, -0.25) is 0 Å². The second-order valence-corrected chi connectivity index (χ2v) is 5.33. The lowest BCUT2D eigenvalue weighted by atomic mass is 9.81. The molecule has 1 aliphatic carbocycles. The molecule has 1 N–H and O–H groups in total. The van der Waals surface area contributed by atoms with Crippen LogP contribution in [-0.2, 0) is 4.74 Å². The van der Waals surface area contributed by atoms with E-state index in [-0.39, 0.29) is 5.60 Å². The fourth-order valence-corrected chi connectivity index (χ4v) is 3.32. The topological polar surface area (TPSA) is 21.3 Å². The van der Waals surface area contributed by atoms with E-state index in [4.69, 9.17) is 4.74 Å². The third-order valence-corrected chi connectivity index (χ3v) is 4.32. The first-order valence-electron chi connectivity index (χ1n) is 6.00. The Morgan fingerprint density at radius 1 is 1.43 bits per heavy atom. The van der Waals surface area contributed by atoms with Crippen LogP contribution in [0, 0.1) is 17.8 Å². The molecule has 82 valence electrons. The van der Waals surface area contributed by atoms with E-state index in [0.29, 0.717) is 0 Å². The van der Waals surface area contributed by atoms with Crippen molar-refractivity contribution >= 4 is 0 Å². The molecule has 1 saturated heterocycles. The Morgan fingerprint density at radius 2 is 2.21 bits per heavy atom. The zero-order valence-corrected chi connectivity index (χ0v) is 9.68. The van der Waals surface area contributed by atoms with E-state index in [9.17, 15) is 0 Å². The highest BCUT2D eigenvalue weighted by Crippen LogP contribution is 2.46. The van der Waals surface area contributed by atoms with Crippen molar-refractivity contribution in [2.24, 2.45) is 17.8 Å². The highest BCUT2D eigenvalue weighted by atomic mass is 16.5. The summed E-state index contributed by atoms with van der Waals surface area (Å²) in [5.74, 6) is 2.38. The number of rotatable bonds is 1. The van der Waals surface area contributed by atoms with Crippen molar-refractivity contribution in [1.82, 2.24) is 5.32 Å². The van der Waals surface area contributed by atoms with Crippen LogP contribution in [-0.4, -0.2) is 25.3 Å². The van der Waals surface area contributed by atoms with E-state index in [1.54, 1.807) is 0 Å². The number of ether oxygens (including phenoxy) is 1. The molecule has 14 heavy (non-hydrogen) atoms. The molecule has 1 spiro atoms. The summed E-state index contributed by atoms with van der Waals surface area (Å²) in [5, 5.41) is 3.48. The highest BCUT2D eigenvalue weighted by molar-refractivity contribution is 5.00. The standard InChI is InChI=1S/C12H23NO/c1-9(2)11-4-5-12(10(11)3)8-13-6-7-14-12/h9-11,13H,4-8H2,1-3H3. The van der Waals surface area contributed by atoms with Gasteiger partial charge in [0.15, 0.2) is 0 Å². The lowest BCUT2D eigenvalue weighted by Crippen LogP contribution is -2.52. The second-order valence-electron chi connectivity index (χ2n) is 5.33. The molecule has 2 aliphatic rings. The van der Waals surface area contributed by atoms with Gasteiger partial charge in [-0.2, -0.15) is 0 Å². The summed E-state index contributed by atoms with van der Waals surface area (Å²) < 4.78 is 6.06. The Balaban J connectivity index is 2.07. The van der Waals surface area contributed by atoms with Crippen LogP contribution in [0.25, 0.3) is 0 Å². The summed E-state index contributed by atoms with van der Waals surface area (Å²) in [7, 11) is 0. The van der Waals surface area contributed by atoms with Gasteiger partial charge in [-0.05, 0) is 30.6 Å². The smallest absolute Gasteiger partial charge is 0.0835 e. The van der Waals surface area contributed by atoms with E-state index >= 15 is 0 Å². The molecule has 1 aliphatic heterocycles. The third-order valence-electron chi connectivity index (χ3n) is 4.32. The summed E-state index contributed by atoms with van der Waals surface area (Å²) in [6.07, 6.45) is 2.60. The van der Waals surface area contributed by atoms with Crippen molar-refractivity contribution in [2.75, 3.05) is 19.7 Å². The number of morpholine rings is 1. The minimum Gasteiger partial charge on any atom is -0.372 e. The minimum absolute atomic E-state index is 0.174. The van der Waals surface area contributed by atoms with Gasteiger partial charge in [-0.25, -0.2) is 0 Å². The van der Waals surface area contributed by atoms with Crippen molar-refractivity contribution in [1.29, 1.82) is 0 Å². The molecule has 0 amide bonds. The van der Waals surface area contributed by atoms with E-state index < -0.39 is 0 Å². The minimum atomic E-state index is 0.174. The Labute approximate surface area is 87.4 Å². The predicted octanol–water partition coefficient (Wildman–Crippen LogP) is 2.05. The SMILES string of the molecule is CC(C)C1CCC2(CNCCO2)C1C. The normalized spacial score (nSPS) is 43.7. The number of hydrogen-bond acceptors (Lipinski definition) is 2. The van der Waals surface area contributed by atoms with Gasteiger partial charge >= 0.3 is 0 Å². The van der Waals surface area contributed by atoms with Gasteiger partial charge < -0.3 is 10.1 Å². The molecule has 0 bridgehead atoms. The third kappa shape index (κ3) is 1.59. The molecule has 0 aromatic rings. The Bertz CT molecular complexity index is 196. The Hall–Kier alpha value is -0.0800. The van der Waals surface area contributed by atoms with Crippen LogP contribution >= 0.6 is 0 Å². The van der Waals surface area contributed by atoms with Gasteiger partial charge in [0.25, 0.3) is 0 Å². The summed E-state index contributed by atoms with van der Waals surface area (Å²) >= 11 is 0.